The lowest BCUT2D eigenvalue weighted by atomic mass is 10.0. The van der Waals surface area contributed by atoms with Crippen molar-refractivity contribution in [1.29, 1.82) is 0 Å². The number of carbonyl (C=O) groups excluding carboxylic acids is 2. The van der Waals surface area contributed by atoms with Gasteiger partial charge in [0.2, 0.25) is 0 Å². The number of alkyl halides is 1. The molecule has 0 spiro atoms. The van der Waals surface area contributed by atoms with Gasteiger partial charge in [0.1, 0.15) is 0 Å². The predicted molar refractivity (Wildman–Crippen MR) is 81.4 cm³/mol. The molecule has 22 heavy (non-hydrogen) atoms. The van der Waals surface area contributed by atoms with Gasteiger partial charge in [-0.25, -0.2) is 8.42 Å². The van der Waals surface area contributed by atoms with Gasteiger partial charge in [0.15, 0.2) is 20.9 Å². The van der Waals surface area contributed by atoms with Gasteiger partial charge in [0.05, 0.1) is 17.4 Å². The van der Waals surface area contributed by atoms with E-state index in [1.54, 1.807) is 18.2 Å². The van der Waals surface area contributed by atoms with E-state index in [1.165, 1.54) is 12.1 Å². The summed E-state index contributed by atoms with van der Waals surface area (Å²) in [6, 6.07) is 7.76. The van der Waals surface area contributed by atoms with E-state index in [4.69, 9.17) is 11.6 Å². The second-order valence-corrected chi connectivity index (χ2v) is 8.00. The van der Waals surface area contributed by atoms with E-state index >= 15 is 0 Å². The number of esters is 1. The topological polar surface area (TPSA) is 77.5 Å². The van der Waals surface area contributed by atoms with Gasteiger partial charge in [-0.15, -0.1) is 11.6 Å². The molecular formula is C15H17ClO5S. The molecule has 7 heteroatoms. The fourth-order valence-electron chi connectivity index (χ4n) is 2.66. The third kappa shape index (κ3) is 3.50. The van der Waals surface area contributed by atoms with Crippen LogP contribution in [0, 0.1) is 5.92 Å². The monoisotopic (exact) mass is 344 g/mol. The summed E-state index contributed by atoms with van der Waals surface area (Å²) in [6.07, 6.45) is 0.628. The number of methoxy groups -OCH3 is 1. The zero-order valence-corrected chi connectivity index (χ0v) is 13.6. The zero-order chi connectivity index (χ0) is 16.3. The first-order chi connectivity index (χ1) is 10.4. The number of hydrogen-bond acceptors (Lipinski definition) is 5. The lowest BCUT2D eigenvalue weighted by Crippen LogP contribution is -2.33. The predicted octanol–water partition coefficient (Wildman–Crippen LogP) is 1.98. The maximum absolute atomic E-state index is 12.7. The SMILES string of the molecule is COC(=O)C(CC1CC(=O)C(Cl)C1)S(=O)(=O)c1ccccc1. The Balaban J connectivity index is 2.27. The van der Waals surface area contributed by atoms with E-state index in [0.717, 1.165) is 7.11 Å². The minimum Gasteiger partial charge on any atom is -0.468 e. The lowest BCUT2D eigenvalue weighted by Gasteiger charge is -2.18. The van der Waals surface area contributed by atoms with Crippen molar-refractivity contribution in [2.45, 2.75) is 34.8 Å². The van der Waals surface area contributed by atoms with Crippen molar-refractivity contribution < 1.29 is 22.7 Å². The Hall–Kier alpha value is -1.40. The first-order valence-electron chi connectivity index (χ1n) is 6.89. The summed E-state index contributed by atoms with van der Waals surface area (Å²) < 4.78 is 30.0. The summed E-state index contributed by atoms with van der Waals surface area (Å²) in [6.45, 7) is 0. The van der Waals surface area contributed by atoms with Crippen molar-refractivity contribution in [2.75, 3.05) is 7.11 Å². The Morgan fingerprint density at radius 1 is 1.36 bits per heavy atom. The highest BCUT2D eigenvalue weighted by Gasteiger charge is 2.40. The molecule has 0 aliphatic heterocycles. The van der Waals surface area contributed by atoms with Crippen LogP contribution in [0.25, 0.3) is 0 Å². The molecule has 1 aromatic carbocycles. The Morgan fingerprint density at radius 3 is 2.50 bits per heavy atom. The Labute approximate surface area is 134 Å². The van der Waals surface area contributed by atoms with Gasteiger partial charge >= 0.3 is 5.97 Å². The number of sulfone groups is 1. The molecule has 5 nitrogen and oxygen atoms in total. The van der Waals surface area contributed by atoms with E-state index < -0.39 is 26.4 Å². The number of halogens is 1. The van der Waals surface area contributed by atoms with Crippen molar-refractivity contribution in [3.63, 3.8) is 0 Å². The number of rotatable bonds is 5. The van der Waals surface area contributed by atoms with Gasteiger partial charge in [-0.05, 0) is 30.9 Å². The highest BCUT2D eigenvalue weighted by molar-refractivity contribution is 7.92. The van der Waals surface area contributed by atoms with Crippen molar-refractivity contribution in [2.24, 2.45) is 5.92 Å². The largest absolute Gasteiger partial charge is 0.468 e. The summed E-state index contributed by atoms with van der Waals surface area (Å²) in [5.41, 5.74) is 0. The Kier molecular flexibility index (Phi) is 5.24. The smallest absolute Gasteiger partial charge is 0.324 e. The number of ether oxygens (including phenoxy) is 1. The Bertz CT molecular complexity index is 656. The molecule has 3 atom stereocenters. The zero-order valence-electron chi connectivity index (χ0n) is 12.1. The molecule has 0 radical (unpaired) electrons. The molecule has 1 aromatic rings. The summed E-state index contributed by atoms with van der Waals surface area (Å²) >= 11 is 5.87. The van der Waals surface area contributed by atoms with E-state index in [9.17, 15) is 18.0 Å². The summed E-state index contributed by atoms with van der Waals surface area (Å²) in [7, 11) is -2.71. The van der Waals surface area contributed by atoms with Gasteiger partial charge in [-0.1, -0.05) is 18.2 Å². The molecule has 120 valence electrons. The quantitative estimate of drug-likeness (QED) is 0.603. The molecule has 0 amide bonds. The van der Waals surface area contributed by atoms with Gasteiger partial charge in [-0.3, -0.25) is 9.59 Å². The molecule has 1 saturated carbocycles. The molecule has 0 heterocycles. The van der Waals surface area contributed by atoms with Crippen LogP contribution < -0.4 is 0 Å². The van der Waals surface area contributed by atoms with Crippen LogP contribution in [0.3, 0.4) is 0 Å². The fraction of sp³-hybridized carbons (Fsp3) is 0.467. The highest BCUT2D eigenvalue weighted by Crippen LogP contribution is 2.33. The van der Waals surface area contributed by atoms with Crippen molar-refractivity contribution in [3.8, 4) is 0 Å². The van der Waals surface area contributed by atoms with Gasteiger partial charge in [-0.2, -0.15) is 0 Å². The standard InChI is InChI=1S/C15H17ClO5S/c1-21-15(18)14(9-10-7-12(16)13(17)8-10)22(19,20)11-5-3-2-4-6-11/h2-6,10,12,14H,7-9H2,1H3. The molecule has 1 aliphatic carbocycles. The molecular weight excluding hydrogens is 328 g/mol. The van der Waals surface area contributed by atoms with Crippen molar-refractivity contribution >= 4 is 33.2 Å². The van der Waals surface area contributed by atoms with Gasteiger partial charge < -0.3 is 4.74 Å². The molecule has 0 N–H and O–H groups in total. The second kappa shape index (κ2) is 6.79. The summed E-state index contributed by atoms with van der Waals surface area (Å²) in [5.74, 6) is -1.14. The lowest BCUT2D eigenvalue weighted by molar-refractivity contribution is -0.140. The first-order valence-corrected chi connectivity index (χ1v) is 8.88. The molecule has 0 saturated heterocycles. The van der Waals surface area contributed by atoms with Crippen LogP contribution in [0.4, 0.5) is 0 Å². The number of benzene rings is 1. The van der Waals surface area contributed by atoms with Gasteiger partial charge in [0, 0.05) is 6.42 Å². The van der Waals surface area contributed by atoms with E-state index in [1.807, 2.05) is 0 Å². The van der Waals surface area contributed by atoms with E-state index in [2.05, 4.69) is 4.74 Å². The average molecular weight is 345 g/mol. The number of carbonyl (C=O) groups is 2. The average Bonchev–Trinajstić information content (AvgIpc) is 2.83. The molecule has 2 rings (SSSR count). The number of hydrogen-bond donors (Lipinski definition) is 0. The van der Waals surface area contributed by atoms with Gasteiger partial charge in [0.25, 0.3) is 0 Å². The van der Waals surface area contributed by atoms with Crippen LogP contribution in [0.2, 0.25) is 0 Å². The van der Waals surface area contributed by atoms with E-state index in [-0.39, 0.29) is 29.4 Å². The minimum atomic E-state index is -3.86. The first kappa shape index (κ1) is 17.0. The van der Waals surface area contributed by atoms with Crippen molar-refractivity contribution in [3.05, 3.63) is 30.3 Å². The Morgan fingerprint density at radius 2 is 2.00 bits per heavy atom. The molecule has 1 fully saturated rings. The number of ketones is 1. The van der Waals surface area contributed by atoms with Crippen LogP contribution >= 0.6 is 11.6 Å². The molecule has 0 bridgehead atoms. The van der Waals surface area contributed by atoms with Crippen molar-refractivity contribution in [1.82, 2.24) is 0 Å². The maximum atomic E-state index is 12.7. The third-order valence-corrected chi connectivity index (χ3v) is 6.32. The maximum Gasteiger partial charge on any atom is 0.324 e. The van der Waals surface area contributed by atoms with Crippen LogP contribution in [-0.2, 0) is 24.2 Å². The fourth-order valence-corrected chi connectivity index (χ4v) is 4.74. The molecule has 0 aromatic heterocycles. The molecule has 3 unspecified atom stereocenters. The van der Waals surface area contributed by atoms with Crippen LogP contribution in [0.1, 0.15) is 19.3 Å². The van der Waals surface area contributed by atoms with E-state index in [0.29, 0.717) is 6.42 Å². The third-order valence-electron chi connectivity index (χ3n) is 3.84. The second-order valence-electron chi connectivity index (χ2n) is 5.35. The van der Waals surface area contributed by atoms with Crippen LogP contribution in [-0.4, -0.2) is 37.9 Å². The minimum absolute atomic E-state index is 0.0405. The normalized spacial score (nSPS) is 23.3. The summed E-state index contributed by atoms with van der Waals surface area (Å²) in [5, 5.41) is -1.91. The summed E-state index contributed by atoms with van der Waals surface area (Å²) in [4.78, 5) is 23.6. The number of Topliss-reactive ketones (excluding diaryl/α,β-unsaturated/α-hetero) is 1. The highest BCUT2D eigenvalue weighted by atomic mass is 35.5. The van der Waals surface area contributed by atoms with Crippen LogP contribution in [0.5, 0.6) is 0 Å². The molecule has 1 aliphatic rings. The van der Waals surface area contributed by atoms with Crippen LogP contribution in [0.15, 0.2) is 35.2 Å².